The summed E-state index contributed by atoms with van der Waals surface area (Å²) in [6.07, 6.45) is 1.21. The summed E-state index contributed by atoms with van der Waals surface area (Å²) in [6.45, 7) is 7.11. The Morgan fingerprint density at radius 2 is 2.11 bits per heavy atom. The number of aromatic nitrogens is 1. The van der Waals surface area contributed by atoms with E-state index in [2.05, 4.69) is 4.98 Å². The molecule has 0 radical (unpaired) electrons. The Morgan fingerprint density at radius 1 is 1.47 bits per heavy atom. The molecule has 6 heteroatoms. The number of aryl methyl sites for hydroxylation is 2. The smallest absolute Gasteiger partial charge is 0.223 e. The molecule has 1 amide bonds. The second-order valence-electron chi connectivity index (χ2n) is 5.13. The zero-order valence-electron chi connectivity index (χ0n) is 11.6. The monoisotopic (exact) mass is 300 g/mol. The molecule has 0 aliphatic carbocycles. The van der Waals surface area contributed by atoms with Gasteiger partial charge in [-0.25, -0.2) is 4.98 Å². The number of amides is 1. The third-order valence-electron chi connectivity index (χ3n) is 3.32. The fourth-order valence-electron chi connectivity index (χ4n) is 2.33. The van der Waals surface area contributed by atoms with E-state index in [1.165, 1.54) is 0 Å². The molecule has 1 fully saturated rings. The average molecular weight is 300 g/mol. The van der Waals surface area contributed by atoms with Crippen LogP contribution < -0.4 is 0 Å². The highest BCUT2D eigenvalue weighted by Gasteiger charge is 2.30. The molecule has 1 aliphatic rings. The normalized spacial score (nSPS) is 27.5. The van der Waals surface area contributed by atoms with Crippen molar-refractivity contribution in [3.8, 4) is 0 Å². The van der Waals surface area contributed by atoms with Gasteiger partial charge >= 0.3 is 0 Å². The van der Waals surface area contributed by atoms with Crippen molar-refractivity contribution in [2.75, 3.05) is 13.1 Å². The minimum Gasteiger partial charge on any atom is -0.340 e. The third-order valence-corrected chi connectivity index (χ3v) is 6.23. The summed E-state index contributed by atoms with van der Waals surface area (Å²) in [6, 6.07) is 0. The number of nitrogens with zero attached hydrogens (tertiary/aromatic N) is 2. The highest BCUT2D eigenvalue weighted by Crippen LogP contribution is 2.17. The van der Waals surface area contributed by atoms with Gasteiger partial charge < -0.3 is 4.90 Å². The van der Waals surface area contributed by atoms with Gasteiger partial charge in [0.1, 0.15) is 0 Å². The molecule has 1 aliphatic heterocycles. The van der Waals surface area contributed by atoms with E-state index < -0.39 is 10.8 Å². The molecule has 2 rings (SSSR count). The first-order chi connectivity index (χ1) is 8.97. The van der Waals surface area contributed by atoms with E-state index >= 15 is 0 Å². The third kappa shape index (κ3) is 3.63. The maximum absolute atomic E-state index is 12.2. The number of hydrogen-bond donors (Lipinski definition) is 0. The van der Waals surface area contributed by atoms with Crippen LogP contribution in [-0.2, 0) is 22.0 Å². The first-order valence-electron chi connectivity index (χ1n) is 6.55. The van der Waals surface area contributed by atoms with Crippen LogP contribution in [0.5, 0.6) is 0 Å². The van der Waals surface area contributed by atoms with Gasteiger partial charge in [-0.05, 0) is 20.8 Å². The molecule has 2 atom stereocenters. The van der Waals surface area contributed by atoms with Gasteiger partial charge in [0.2, 0.25) is 5.91 Å². The highest BCUT2D eigenvalue weighted by atomic mass is 32.2. The minimum absolute atomic E-state index is 0.0785. The van der Waals surface area contributed by atoms with Gasteiger partial charge in [-0.1, -0.05) is 0 Å². The van der Waals surface area contributed by atoms with Gasteiger partial charge in [0.15, 0.2) is 0 Å². The summed E-state index contributed by atoms with van der Waals surface area (Å²) in [5.74, 6) is 0.156. The van der Waals surface area contributed by atoms with Gasteiger partial charge in [0.25, 0.3) is 0 Å². The van der Waals surface area contributed by atoms with E-state index in [-0.39, 0.29) is 16.4 Å². The van der Waals surface area contributed by atoms with Gasteiger partial charge in [0, 0.05) is 58.3 Å². The molecule has 4 nitrogen and oxygen atoms in total. The van der Waals surface area contributed by atoms with E-state index in [0.717, 1.165) is 10.7 Å². The van der Waals surface area contributed by atoms with E-state index in [9.17, 15) is 9.00 Å². The summed E-state index contributed by atoms with van der Waals surface area (Å²) >= 11 is 1.61. The Kier molecular flexibility index (Phi) is 4.73. The molecule has 0 N–H and O–H groups in total. The Labute approximate surface area is 120 Å². The lowest BCUT2D eigenvalue weighted by atomic mass is 10.2. The molecule has 1 aromatic rings. The highest BCUT2D eigenvalue weighted by molar-refractivity contribution is 7.86. The molecule has 1 aromatic heterocycles. The Bertz CT molecular complexity index is 473. The molecule has 19 heavy (non-hydrogen) atoms. The average Bonchev–Trinajstić information content (AvgIpc) is 2.78. The Balaban J connectivity index is 1.88. The maximum Gasteiger partial charge on any atom is 0.223 e. The van der Waals surface area contributed by atoms with Crippen LogP contribution in [0.25, 0.3) is 0 Å². The summed E-state index contributed by atoms with van der Waals surface area (Å²) in [5.41, 5.74) is 1.02. The van der Waals surface area contributed by atoms with Crippen LogP contribution in [-0.4, -0.2) is 43.6 Å². The van der Waals surface area contributed by atoms with Gasteiger partial charge in [-0.15, -0.1) is 11.3 Å². The fourth-order valence-corrected chi connectivity index (χ4v) is 4.55. The molecule has 2 heterocycles. The summed E-state index contributed by atoms with van der Waals surface area (Å²) in [4.78, 5) is 18.4. The van der Waals surface area contributed by atoms with Crippen LogP contribution in [0.3, 0.4) is 0 Å². The number of carbonyl (C=O) groups excluding carboxylic acids is 1. The van der Waals surface area contributed by atoms with Crippen LogP contribution in [0.4, 0.5) is 0 Å². The van der Waals surface area contributed by atoms with E-state index in [4.69, 9.17) is 0 Å². The van der Waals surface area contributed by atoms with Gasteiger partial charge in [-0.2, -0.15) is 0 Å². The van der Waals surface area contributed by atoms with Crippen LogP contribution in [0.15, 0.2) is 5.38 Å². The molecule has 0 saturated carbocycles. The van der Waals surface area contributed by atoms with Crippen molar-refractivity contribution < 1.29 is 9.00 Å². The zero-order chi connectivity index (χ0) is 14.0. The van der Waals surface area contributed by atoms with Crippen molar-refractivity contribution in [3.05, 3.63) is 16.1 Å². The fraction of sp³-hybridized carbons (Fsp3) is 0.692. The van der Waals surface area contributed by atoms with Crippen molar-refractivity contribution in [3.63, 3.8) is 0 Å². The number of thiazole rings is 1. The van der Waals surface area contributed by atoms with Crippen molar-refractivity contribution in [2.24, 2.45) is 0 Å². The molecule has 1 saturated heterocycles. The van der Waals surface area contributed by atoms with Crippen molar-refractivity contribution in [2.45, 2.75) is 44.1 Å². The predicted molar refractivity (Wildman–Crippen MR) is 78.8 cm³/mol. The Morgan fingerprint density at radius 3 is 2.63 bits per heavy atom. The lowest BCUT2D eigenvalue weighted by Crippen LogP contribution is -2.49. The molecule has 0 bridgehead atoms. The molecular weight excluding hydrogens is 280 g/mol. The topological polar surface area (TPSA) is 50.3 Å². The molecular formula is C13H20N2O2S2. The standard InChI is InChI=1S/C13H20N2O2S2/c1-9-8-18-12(14-9)4-5-13(16)15-6-10(2)19(17)11(3)7-15/h8,10-11H,4-7H2,1-3H3. The number of rotatable bonds is 3. The first kappa shape index (κ1) is 14.7. The summed E-state index contributed by atoms with van der Waals surface area (Å²) in [7, 11) is -0.808. The minimum atomic E-state index is -0.808. The molecule has 106 valence electrons. The van der Waals surface area contributed by atoms with Crippen LogP contribution in [0.2, 0.25) is 0 Å². The van der Waals surface area contributed by atoms with E-state index in [0.29, 0.717) is 25.9 Å². The largest absolute Gasteiger partial charge is 0.340 e. The summed E-state index contributed by atoms with van der Waals surface area (Å²) in [5, 5.41) is 3.19. The molecule has 2 unspecified atom stereocenters. The zero-order valence-corrected chi connectivity index (χ0v) is 13.2. The second-order valence-corrected chi connectivity index (χ2v) is 8.34. The lowest BCUT2D eigenvalue weighted by molar-refractivity contribution is -0.131. The van der Waals surface area contributed by atoms with Crippen molar-refractivity contribution in [1.29, 1.82) is 0 Å². The van der Waals surface area contributed by atoms with Crippen molar-refractivity contribution >= 4 is 28.0 Å². The van der Waals surface area contributed by atoms with E-state index in [1.54, 1.807) is 11.3 Å². The molecule has 0 aromatic carbocycles. The van der Waals surface area contributed by atoms with Gasteiger partial charge in [0.05, 0.1) is 5.01 Å². The number of hydrogen-bond acceptors (Lipinski definition) is 4. The van der Waals surface area contributed by atoms with Crippen LogP contribution in [0.1, 0.15) is 31.0 Å². The van der Waals surface area contributed by atoms with Crippen LogP contribution in [0, 0.1) is 6.92 Å². The first-order valence-corrected chi connectivity index (χ1v) is 8.71. The SMILES string of the molecule is Cc1csc(CCC(=O)N2CC(C)S(=O)C(C)C2)n1. The Hall–Kier alpha value is -0.750. The molecule has 0 spiro atoms. The van der Waals surface area contributed by atoms with Crippen molar-refractivity contribution in [1.82, 2.24) is 9.88 Å². The predicted octanol–water partition coefficient (Wildman–Crippen LogP) is 1.75. The lowest BCUT2D eigenvalue weighted by Gasteiger charge is -2.34. The maximum atomic E-state index is 12.2. The number of carbonyl (C=O) groups is 1. The van der Waals surface area contributed by atoms with Gasteiger partial charge in [-0.3, -0.25) is 9.00 Å². The second kappa shape index (κ2) is 6.13. The van der Waals surface area contributed by atoms with E-state index in [1.807, 2.05) is 31.1 Å². The quantitative estimate of drug-likeness (QED) is 0.854. The summed E-state index contributed by atoms with van der Waals surface area (Å²) < 4.78 is 11.8. The van der Waals surface area contributed by atoms with Crippen LogP contribution >= 0.6 is 11.3 Å².